The number of methoxy groups -OCH3 is 1. The first-order valence-corrected chi connectivity index (χ1v) is 5.61. The number of anilines is 1. The molecule has 5 nitrogen and oxygen atoms in total. The summed E-state index contributed by atoms with van der Waals surface area (Å²) < 4.78 is 5.32. The smallest absolute Gasteiger partial charge is 0.228 e. The molecule has 0 atom stereocenters. The number of ether oxygens (including phenoxy) is 1. The van der Waals surface area contributed by atoms with Gasteiger partial charge in [-0.15, -0.1) is 0 Å². The first kappa shape index (κ1) is 11.1. The Hall–Kier alpha value is -1.36. The van der Waals surface area contributed by atoms with Crippen LogP contribution in [0.1, 0.15) is 17.7 Å². The molecule has 0 aliphatic heterocycles. The first-order chi connectivity index (χ1) is 7.76. The fraction of sp³-hybridized carbons (Fsp3) is 0.636. The summed E-state index contributed by atoms with van der Waals surface area (Å²) in [4.78, 5) is 10.9. The molecule has 1 aliphatic rings. The van der Waals surface area contributed by atoms with Crippen molar-refractivity contribution in [2.24, 2.45) is 5.73 Å². The Balaban J connectivity index is 2.34. The molecule has 0 saturated heterocycles. The van der Waals surface area contributed by atoms with Gasteiger partial charge >= 0.3 is 0 Å². The van der Waals surface area contributed by atoms with Gasteiger partial charge in [0.05, 0.1) is 12.8 Å². The quantitative estimate of drug-likeness (QED) is 0.797. The molecular formula is C11H18N4O. The number of aromatic nitrogens is 2. The highest BCUT2D eigenvalue weighted by molar-refractivity contribution is 5.42. The Morgan fingerprint density at radius 1 is 1.38 bits per heavy atom. The van der Waals surface area contributed by atoms with E-state index in [9.17, 15) is 0 Å². The second-order valence-electron chi connectivity index (χ2n) is 4.02. The van der Waals surface area contributed by atoms with Crippen molar-refractivity contribution < 1.29 is 4.74 Å². The van der Waals surface area contributed by atoms with Crippen molar-refractivity contribution in [2.45, 2.75) is 19.3 Å². The third kappa shape index (κ3) is 1.95. The molecule has 1 aromatic heterocycles. The van der Waals surface area contributed by atoms with Crippen LogP contribution in [0.25, 0.3) is 0 Å². The molecule has 0 amide bonds. The van der Waals surface area contributed by atoms with Gasteiger partial charge in [0.25, 0.3) is 0 Å². The van der Waals surface area contributed by atoms with E-state index in [0.29, 0.717) is 12.5 Å². The summed E-state index contributed by atoms with van der Waals surface area (Å²) in [5.74, 6) is 1.43. The molecule has 0 spiro atoms. The molecule has 16 heavy (non-hydrogen) atoms. The Labute approximate surface area is 95.6 Å². The molecule has 5 heteroatoms. The zero-order chi connectivity index (χ0) is 11.5. The monoisotopic (exact) mass is 222 g/mol. The number of rotatable bonds is 4. The van der Waals surface area contributed by atoms with Gasteiger partial charge < -0.3 is 15.4 Å². The van der Waals surface area contributed by atoms with Gasteiger partial charge in [-0.25, -0.2) is 4.98 Å². The molecule has 1 heterocycles. The van der Waals surface area contributed by atoms with E-state index < -0.39 is 0 Å². The standard InChI is InChI=1S/C11H18N4O/c1-15(7-6-12)11-13-9-5-3-4-8(9)10(14-11)16-2/h3-7,12H2,1-2H3. The van der Waals surface area contributed by atoms with Crippen molar-refractivity contribution in [3.05, 3.63) is 11.3 Å². The maximum atomic E-state index is 5.52. The average Bonchev–Trinajstić information content (AvgIpc) is 2.75. The first-order valence-electron chi connectivity index (χ1n) is 5.61. The molecular weight excluding hydrogens is 204 g/mol. The third-order valence-electron chi connectivity index (χ3n) is 2.88. The second-order valence-corrected chi connectivity index (χ2v) is 4.02. The number of nitrogens with zero attached hydrogens (tertiary/aromatic N) is 3. The Morgan fingerprint density at radius 2 is 2.19 bits per heavy atom. The van der Waals surface area contributed by atoms with Crippen LogP contribution in [0.4, 0.5) is 5.95 Å². The van der Waals surface area contributed by atoms with Crippen LogP contribution in [0.3, 0.4) is 0 Å². The van der Waals surface area contributed by atoms with E-state index in [1.54, 1.807) is 7.11 Å². The molecule has 0 bridgehead atoms. The Morgan fingerprint density at radius 3 is 2.88 bits per heavy atom. The minimum Gasteiger partial charge on any atom is -0.481 e. The summed E-state index contributed by atoms with van der Waals surface area (Å²) >= 11 is 0. The maximum Gasteiger partial charge on any atom is 0.228 e. The SMILES string of the molecule is COc1nc(N(C)CCN)nc2c1CCC2. The minimum atomic E-state index is 0.596. The molecule has 0 radical (unpaired) electrons. The highest BCUT2D eigenvalue weighted by Crippen LogP contribution is 2.29. The zero-order valence-corrected chi connectivity index (χ0v) is 9.86. The van der Waals surface area contributed by atoms with Gasteiger partial charge in [0, 0.05) is 25.7 Å². The fourth-order valence-corrected chi connectivity index (χ4v) is 2.02. The molecule has 2 N–H and O–H groups in total. The van der Waals surface area contributed by atoms with Crippen molar-refractivity contribution in [3.8, 4) is 5.88 Å². The summed E-state index contributed by atoms with van der Waals surface area (Å²) in [6, 6.07) is 0. The van der Waals surface area contributed by atoms with Crippen molar-refractivity contribution in [1.82, 2.24) is 9.97 Å². The largest absolute Gasteiger partial charge is 0.481 e. The molecule has 1 aliphatic carbocycles. The summed E-state index contributed by atoms with van der Waals surface area (Å²) in [7, 11) is 3.61. The van der Waals surface area contributed by atoms with Crippen molar-refractivity contribution in [2.75, 3.05) is 32.1 Å². The predicted octanol–water partition coefficient (Wildman–Crippen LogP) is 0.369. The number of likely N-dealkylation sites (N-methyl/N-ethyl adjacent to an activating group) is 1. The van der Waals surface area contributed by atoms with E-state index in [1.165, 1.54) is 5.56 Å². The molecule has 88 valence electrons. The van der Waals surface area contributed by atoms with Crippen LogP contribution in [0.5, 0.6) is 5.88 Å². The van der Waals surface area contributed by atoms with E-state index in [0.717, 1.165) is 37.4 Å². The number of hydrogen-bond donors (Lipinski definition) is 1. The molecule has 0 aromatic carbocycles. The lowest BCUT2D eigenvalue weighted by Gasteiger charge is -2.17. The highest BCUT2D eigenvalue weighted by Gasteiger charge is 2.20. The van der Waals surface area contributed by atoms with Crippen molar-refractivity contribution in [1.29, 1.82) is 0 Å². The van der Waals surface area contributed by atoms with Crippen LogP contribution in [0.15, 0.2) is 0 Å². The maximum absolute atomic E-state index is 5.52. The number of fused-ring (bicyclic) bond motifs is 1. The Kier molecular flexibility index (Phi) is 3.24. The average molecular weight is 222 g/mol. The lowest BCUT2D eigenvalue weighted by molar-refractivity contribution is 0.392. The van der Waals surface area contributed by atoms with Crippen LogP contribution in [0, 0.1) is 0 Å². The normalized spacial score (nSPS) is 13.7. The Bertz CT molecular complexity index is 380. The van der Waals surface area contributed by atoms with Gasteiger partial charge in [0.15, 0.2) is 0 Å². The second kappa shape index (κ2) is 4.65. The van der Waals surface area contributed by atoms with E-state index in [4.69, 9.17) is 10.5 Å². The summed E-state index contributed by atoms with van der Waals surface area (Å²) in [5, 5.41) is 0. The summed E-state index contributed by atoms with van der Waals surface area (Å²) in [6.07, 6.45) is 3.20. The van der Waals surface area contributed by atoms with Crippen LogP contribution < -0.4 is 15.4 Å². The highest BCUT2D eigenvalue weighted by atomic mass is 16.5. The molecule has 0 fully saturated rings. The van der Waals surface area contributed by atoms with Crippen LogP contribution in [0.2, 0.25) is 0 Å². The van der Waals surface area contributed by atoms with Gasteiger partial charge in [0.1, 0.15) is 0 Å². The molecule has 0 saturated carbocycles. The van der Waals surface area contributed by atoms with Crippen molar-refractivity contribution in [3.63, 3.8) is 0 Å². The minimum absolute atomic E-state index is 0.596. The van der Waals surface area contributed by atoms with Crippen LogP contribution >= 0.6 is 0 Å². The number of nitrogens with two attached hydrogens (primary N) is 1. The lowest BCUT2D eigenvalue weighted by Crippen LogP contribution is -2.27. The lowest BCUT2D eigenvalue weighted by atomic mass is 10.2. The fourth-order valence-electron chi connectivity index (χ4n) is 2.02. The predicted molar refractivity (Wildman–Crippen MR) is 62.9 cm³/mol. The van der Waals surface area contributed by atoms with Gasteiger partial charge in [-0.2, -0.15) is 4.98 Å². The molecule has 2 rings (SSSR count). The van der Waals surface area contributed by atoms with E-state index >= 15 is 0 Å². The third-order valence-corrected chi connectivity index (χ3v) is 2.88. The number of hydrogen-bond acceptors (Lipinski definition) is 5. The van der Waals surface area contributed by atoms with Gasteiger partial charge in [-0.3, -0.25) is 0 Å². The van der Waals surface area contributed by atoms with E-state index in [-0.39, 0.29) is 0 Å². The van der Waals surface area contributed by atoms with Crippen LogP contribution in [-0.2, 0) is 12.8 Å². The number of aryl methyl sites for hydroxylation is 1. The van der Waals surface area contributed by atoms with Crippen LogP contribution in [-0.4, -0.2) is 37.2 Å². The van der Waals surface area contributed by atoms with Crippen molar-refractivity contribution >= 4 is 5.95 Å². The van der Waals surface area contributed by atoms with E-state index in [2.05, 4.69) is 9.97 Å². The molecule has 0 unspecified atom stereocenters. The van der Waals surface area contributed by atoms with Gasteiger partial charge in [0.2, 0.25) is 11.8 Å². The summed E-state index contributed by atoms with van der Waals surface area (Å²) in [6.45, 7) is 1.35. The van der Waals surface area contributed by atoms with E-state index in [1.807, 2.05) is 11.9 Å². The molecule has 1 aromatic rings. The topological polar surface area (TPSA) is 64.3 Å². The van der Waals surface area contributed by atoms with Gasteiger partial charge in [-0.05, 0) is 19.3 Å². The van der Waals surface area contributed by atoms with Gasteiger partial charge in [-0.1, -0.05) is 0 Å². The summed E-state index contributed by atoms with van der Waals surface area (Å²) in [5.41, 5.74) is 7.83. The zero-order valence-electron chi connectivity index (χ0n) is 9.86.